The molecule has 0 unspecified atom stereocenters. The number of fused-ring (bicyclic) bond motifs is 1. The molecule has 0 radical (unpaired) electrons. The van der Waals surface area contributed by atoms with E-state index in [1.807, 2.05) is 12.2 Å². The largest absolute Gasteiger partial charge is 0.468 e. The first kappa shape index (κ1) is 15.8. The summed E-state index contributed by atoms with van der Waals surface area (Å²) in [5, 5.41) is 0. The second kappa shape index (κ2) is 6.02. The van der Waals surface area contributed by atoms with Gasteiger partial charge in [-0.3, -0.25) is 9.59 Å². The van der Waals surface area contributed by atoms with E-state index in [-0.39, 0.29) is 24.4 Å². The standard InChI is InChI=1S/C16H22O5/c1-10-9-16(14(17)20-3,15(18)21-4)11-7-5-6-8-12(19-2)13(10)11/h6,8,11-13H,1,5,7,9H2,2-4H3/t11-,12-,13-/m1/s1. The van der Waals surface area contributed by atoms with E-state index in [4.69, 9.17) is 14.2 Å². The van der Waals surface area contributed by atoms with E-state index in [0.717, 1.165) is 12.0 Å². The number of methoxy groups -OCH3 is 3. The van der Waals surface area contributed by atoms with Gasteiger partial charge in [0.2, 0.25) is 0 Å². The number of ether oxygens (including phenoxy) is 3. The van der Waals surface area contributed by atoms with Crippen molar-refractivity contribution in [2.24, 2.45) is 17.3 Å². The molecule has 5 heteroatoms. The zero-order chi connectivity index (χ0) is 15.6. The molecule has 0 N–H and O–H groups in total. The zero-order valence-electron chi connectivity index (χ0n) is 12.8. The van der Waals surface area contributed by atoms with E-state index in [1.165, 1.54) is 14.2 Å². The summed E-state index contributed by atoms with van der Waals surface area (Å²) in [7, 11) is 4.22. The minimum Gasteiger partial charge on any atom is -0.468 e. The van der Waals surface area contributed by atoms with Crippen LogP contribution in [0, 0.1) is 17.3 Å². The van der Waals surface area contributed by atoms with Gasteiger partial charge in [0, 0.05) is 13.0 Å². The Morgan fingerprint density at radius 3 is 2.38 bits per heavy atom. The summed E-state index contributed by atoms with van der Waals surface area (Å²) in [4.78, 5) is 24.8. The summed E-state index contributed by atoms with van der Waals surface area (Å²) in [6, 6.07) is 0. The first-order chi connectivity index (χ1) is 10.0. The van der Waals surface area contributed by atoms with Crippen molar-refractivity contribution in [1.82, 2.24) is 0 Å². The van der Waals surface area contributed by atoms with E-state index >= 15 is 0 Å². The molecule has 3 atom stereocenters. The minimum atomic E-state index is -1.30. The maximum atomic E-state index is 12.4. The number of carbonyl (C=O) groups is 2. The number of rotatable bonds is 3. The molecule has 2 rings (SSSR count). The molecule has 0 aliphatic heterocycles. The zero-order valence-corrected chi connectivity index (χ0v) is 12.8. The van der Waals surface area contributed by atoms with Gasteiger partial charge >= 0.3 is 11.9 Å². The van der Waals surface area contributed by atoms with Crippen molar-refractivity contribution in [2.45, 2.75) is 25.4 Å². The van der Waals surface area contributed by atoms with Gasteiger partial charge in [0.05, 0.1) is 20.3 Å². The molecule has 0 saturated heterocycles. The molecule has 0 aromatic carbocycles. The van der Waals surface area contributed by atoms with Gasteiger partial charge in [-0.25, -0.2) is 0 Å². The maximum Gasteiger partial charge on any atom is 0.323 e. The van der Waals surface area contributed by atoms with Crippen molar-refractivity contribution in [3.63, 3.8) is 0 Å². The van der Waals surface area contributed by atoms with Crippen LogP contribution >= 0.6 is 0 Å². The molecule has 0 bridgehead atoms. The SMILES string of the molecule is C=C1CC(C(=O)OC)(C(=O)OC)[C@@H]2CCC=C[C@@H](OC)[C@H]12. The third-order valence-corrected chi connectivity index (χ3v) is 4.74. The van der Waals surface area contributed by atoms with Gasteiger partial charge in [-0.2, -0.15) is 0 Å². The second-order valence-electron chi connectivity index (χ2n) is 5.63. The molecule has 1 fully saturated rings. The van der Waals surface area contributed by atoms with Crippen molar-refractivity contribution >= 4 is 11.9 Å². The number of hydrogen-bond donors (Lipinski definition) is 0. The Hall–Kier alpha value is -1.62. The lowest BCUT2D eigenvalue weighted by molar-refractivity contribution is -0.173. The van der Waals surface area contributed by atoms with Gasteiger partial charge < -0.3 is 14.2 Å². The van der Waals surface area contributed by atoms with E-state index in [1.54, 1.807) is 7.11 Å². The smallest absolute Gasteiger partial charge is 0.323 e. The Kier molecular flexibility index (Phi) is 4.52. The molecule has 21 heavy (non-hydrogen) atoms. The predicted octanol–water partition coefficient (Wildman–Crippen LogP) is 1.88. The van der Waals surface area contributed by atoms with Crippen LogP contribution < -0.4 is 0 Å². The molecule has 0 heterocycles. The third kappa shape index (κ3) is 2.29. The van der Waals surface area contributed by atoms with E-state index < -0.39 is 17.4 Å². The normalized spacial score (nSPS) is 30.4. The Balaban J connectivity index is 2.51. The number of carbonyl (C=O) groups excluding carboxylic acids is 2. The first-order valence-electron chi connectivity index (χ1n) is 7.06. The highest BCUT2D eigenvalue weighted by Crippen LogP contribution is 2.55. The second-order valence-corrected chi connectivity index (χ2v) is 5.63. The molecule has 0 aromatic heterocycles. The quantitative estimate of drug-likeness (QED) is 0.452. The molecule has 5 nitrogen and oxygen atoms in total. The molecular weight excluding hydrogens is 272 g/mol. The summed E-state index contributed by atoms with van der Waals surface area (Å²) < 4.78 is 15.4. The number of allylic oxidation sites excluding steroid dienone is 1. The van der Waals surface area contributed by atoms with Gasteiger partial charge in [0.1, 0.15) is 0 Å². The molecule has 2 aliphatic carbocycles. The lowest BCUT2D eigenvalue weighted by atomic mass is 9.72. The lowest BCUT2D eigenvalue weighted by Crippen LogP contribution is -2.46. The highest BCUT2D eigenvalue weighted by molar-refractivity contribution is 6.01. The summed E-state index contributed by atoms with van der Waals surface area (Å²) in [5.41, 5.74) is -0.456. The Morgan fingerprint density at radius 2 is 1.86 bits per heavy atom. The summed E-state index contributed by atoms with van der Waals surface area (Å²) in [6.07, 6.45) is 5.57. The van der Waals surface area contributed by atoms with Crippen LogP contribution in [-0.2, 0) is 23.8 Å². The van der Waals surface area contributed by atoms with Gasteiger partial charge in [0.25, 0.3) is 0 Å². The van der Waals surface area contributed by atoms with E-state index in [2.05, 4.69) is 6.58 Å². The van der Waals surface area contributed by atoms with Crippen LogP contribution in [-0.4, -0.2) is 39.4 Å². The molecule has 0 amide bonds. The maximum absolute atomic E-state index is 12.4. The number of hydrogen-bond acceptors (Lipinski definition) is 5. The van der Waals surface area contributed by atoms with Crippen LogP contribution in [0.1, 0.15) is 19.3 Å². The molecule has 116 valence electrons. The van der Waals surface area contributed by atoms with Crippen molar-refractivity contribution in [1.29, 1.82) is 0 Å². The van der Waals surface area contributed by atoms with Crippen molar-refractivity contribution in [2.75, 3.05) is 21.3 Å². The van der Waals surface area contributed by atoms with Crippen LogP contribution in [0.2, 0.25) is 0 Å². The Bertz CT molecular complexity index is 463. The summed E-state index contributed by atoms with van der Waals surface area (Å²) in [6.45, 7) is 4.08. The van der Waals surface area contributed by atoms with Gasteiger partial charge in [0.15, 0.2) is 5.41 Å². The summed E-state index contributed by atoms with van der Waals surface area (Å²) in [5.74, 6) is -1.38. The predicted molar refractivity (Wildman–Crippen MR) is 76.4 cm³/mol. The van der Waals surface area contributed by atoms with E-state index in [0.29, 0.717) is 6.42 Å². The Morgan fingerprint density at radius 1 is 1.24 bits per heavy atom. The molecule has 0 aromatic rings. The molecule has 1 saturated carbocycles. The fraction of sp³-hybridized carbons (Fsp3) is 0.625. The lowest BCUT2D eigenvalue weighted by Gasteiger charge is -2.32. The highest BCUT2D eigenvalue weighted by atomic mass is 16.5. The van der Waals surface area contributed by atoms with Gasteiger partial charge in [-0.1, -0.05) is 24.3 Å². The minimum absolute atomic E-state index is 0.0769. The van der Waals surface area contributed by atoms with Crippen molar-refractivity contribution < 1.29 is 23.8 Å². The highest BCUT2D eigenvalue weighted by Gasteiger charge is 2.62. The van der Waals surface area contributed by atoms with Crippen LogP contribution in [0.25, 0.3) is 0 Å². The average Bonchev–Trinajstić information content (AvgIpc) is 2.67. The van der Waals surface area contributed by atoms with Crippen LogP contribution in [0.5, 0.6) is 0 Å². The van der Waals surface area contributed by atoms with Gasteiger partial charge in [-0.05, 0) is 25.2 Å². The van der Waals surface area contributed by atoms with Crippen LogP contribution in [0.3, 0.4) is 0 Å². The van der Waals surface area contributed by atoms with E-state index in [9.17, 15) is 9.59 Å². The average molecular weight is 294 g/mol. The fourth-order valence-electron chi connectivity index (χ4n) is 3.83. The molecular formula is C16H22O5. The summed E-state index contributed by atoms with van der Waals surface area (Å²) >= 11 is 0. The van der Waals surface area contributed by atoms with Gasteiger partial charge in [-0.15, -0.1) is 0 Å². The first-order valence-corrected chi connectivity index (χ1v) is 7.06. The molecule has 2 aliphatic rings. The van der Waals surface area contributed by atoms with Crippen molar-refractivity contribution in [3.05, 3.63) is 24.3 Å². The van der Waals surface area contributed by atoms with Crippen LogP contribution in [0.4, 0.5) is 0 Å². The molecule has 0 spiro atoms. The monoisotopic (exact) mass is 294 g/mol. The number of esters is 2. The topological polar surface area (TPSA) is 61.8 Å². The Labute approximate surface area is 124 Å². The third-order valence-electron chi connectivity index (χ3n) is 4.74. The van der Waals surface area contributed by atoms with Crippen LogP contribution in [0.15, 0.2) is 24.3 Å². The fourth-order valence-corrected chi connectivity index (χ4v) is 3.83. The van der Waals surface area contributed by atoms with Crippen molar-refractivity contribution in [3.8, 4) is 0 Å².